The van der Waals surface area contributed by atoms with Crippen LogP contribution < -0.4 is 0 Å². The van der Waals surface area contributed by atoms with Crippen molar-refractivity contribution in [3.8, 4) is 0 Å². The van der Waals surface area contributed by atoms with Crippen LogP contribution in [-0.2, 0) is 4.79 Å². The Balaban J connectivity index is 3.01. The Morgan fingerprint density at radius 1 is 1.80 bits per heavy atom. The summed E-state index contributed by atoms with van der Waals surface area (Å²) >= 11 is 6.48. The molecule has 3 N–H and O–H groups in total. The maximum Gasteiger partial charge on any atom is 0.338 e. The summed E-state index contributed by atoms with van der Waals surface area (Å²) in [5.74, 6) is -1.47. The second-order valence-electron chi connectivity index (χ2n) is 3.00. The number of halogens is 1. The highest BCUT2D eigenvalue weighted by Gasteiger charge is 2.43. The van der Waals surface area contributed by atoms with E-state index in [1.165, 1.54) is 13.1 Å². The van der Waals surface area contributed by atoms with Gasteiger partial charge in [-0.05, 0) is 6.42 Å². The average Bonchev–Trinajstić information content (AvgIpc) is 2.62. The van der Waals surface area contributed by atoms with Gasteiger partial charge in [-0.15, -0.1) is 11.3 Å². The molecule has 15 heavy (non-hydrogen) atoms. The van der Waals surface area contributed by atoms with Crippen LogP contribution in [0.15, 0.2) is 6.20 Å². The van der Waals surface area contributed by atoms with E-state index in [4.69, 9.17) is 16.7 Å². The Morgan fingerprint density at radius 2 is 2.40 bits per heavy atom. The van der Waals surface area contributed by atoms with E-state index < -0.39 is 17.7 Å². The predicted octanol–water partition coefficient (Wildman–Crippen LogP) is 1.06. The smallest absolute Gasteiger partial charge is 0.338 e. The second-order valence-corrected chi connectivity index (χ2v) is 4.65. The number of nitrogens with zero attached hydrogens (tertiary/aromatic N) is 1. The average molecular weight is 252 g/mol. The molecular weight excluding hydrogens is 242 g/mol. The number of carboxylic acid groups (broad SMARTS) is 1. The van der Waals surface area contributed by atoms with Gasteiger partial charge in [-0.1, -0.05) is 18.5 Å². The zero-order valence-electron chi connectivity index (χ0n) is 7.85. The van der Waals surface area contributed by atoms with Crippen molar-refractivity contribution in [2.24, 2.45) is 0 Å². The molecule has 1 rings (SSSR count). The number of hydrogen-bond donors (Lipinski definition) is 3. The predicted molar refractivity (Wildman–Crippen MR) is 55.0 cm³/mol. The largest absolute Gasteiger partial charge is 0.479 e. The standard InChI is InChI=1S/C8H10ClNO4S/c1-2-8(14,6(12)13)5(11)4-3-10-7(9)15-4/h3,5,11,14H,2H2,1H3,(H,12,13)/t5-,8?/m1/s1. The lowest BCUT2D eigenvalue weighted by Gasteiger charge is -2.26. The molecule has 0 aliphatic heterocycles. The van der Waals surface area contributed by atoms with Gasteiger partial charge in [0.2, 0.25) is 0 Å². The molecule has 5 nitrogen and oxygen atoms in total. The molecule has 0 fully saturated rings. The molecule has 0 aliphatic rings. The van der Waals surface area contributed by atoms with Gasteiger partial charge in [-0.2, -0.15) is 0 Å². The van der Waals surface area contributed by atoms with Gasteiger partial charge in [0, 0.05) is 6.20 Å². The Kier molecular flexibility index (Phi) is 3.67. The van der Waals surface area contributed by atoms with Crippen molar-refractivity contribution < 1.29 is 20.1 Å². The van der Waals surface area contributed by atoms with Gasteiger partial charge in [0.25, 0.3) is 0 Å². The van der Waals surface area contributed by atoms with Crippen molar-refractivity contribution in [1.82, 2.24) is 4.98 Å². The number of hydrogen-bond acceptors (Lipinski definition) is 5. The van der Waals surface area contributed by atoms with E-state index in [0.717, 1.165) is 11.3 Å². The zero-order chi connectivity index (χ0) is 11.6. The molecule has 0 amide bonds. The monoisotopic (exact) mass is 251 g/mol. The number of thiazole rings is 1. The van der Waals surface area contributed by atoms with Gasteiger partial charge < -0.3 is 15.3 Å². The molecular formula is C8H10ClNO4S. The fourth-order valence-corrected chi connectivity index (χ4v) is 2.12. The van der Waals surface area contributed by atoms with Crippen LogP contribution in [-0.4, -0.2) is 31.9 Å². The summed E-state index contributed by atoms with van der Waals surface area (Å²) < 4.78 is 0.188. The third kappa shape index (κ3) is 2.28. The number of rotatable bonds is 4. The van der Waals surface area contributed by atoms with E-state index >= 15 is 0 Å². The van der Waals surface area contributed by atoms with E-state index in [1.54, 1.807) is 0 Å². The fraction of sp³-hybridized carbons (Fsp3) is 0.500. The number of aliphatic hydroxyl groups is 2. The summed E-state index contributed by atoms with van der Waals surface area (Å²) in [5, 5.41) is 28.2. The summed E-state index contributed by atoms with van der Waals surface area (Å²) in [7, 11) is 0. The first-order valence-electron chi connectivity index (χ1n) is 4.17. The Morgan fingerprint density at radius 3 is 2.73 bits per heavy atom. The third-order valence-electron chi connectivity index (χ3n) is 2.13. The summed E-state index contributed by atoms with van der Waals surface area (Å²) in [6.45, 7) is 1.47. The van der Waals surface area contributed by atoms with Crippen molar-refractivity contribution >= 4 is 28.9 Å². The second kappa shape index (κ2) is 4.44. The number of aromatic nitrogens is 1. The molecule has 84 valence electrons. The SMILES string of the molecule is CCC(O)(C(=O)O)[C@H](O)c1cnc(Cl)s1. The number of aliphatic carboxylic acids is 1. The topological polar surface area (TPSA) is 90.7 Å². The lowest BCUT2D eigenvalue weighted by molar-refractivity contribution is -0.172. The van der Waals surface area contributed by atoms with Crippen molar-refractivity contribution in [2.45, 2.75) is 25.0 Å². The minimum absolute atomic E-state index is 0.112. The van der Waals surface area contributed by atoms with Gasteiger partial charge in [-0.25, -0.2) is 9.78 Å². The summed E-state index contributed by atoms with van der Waals surface area (Å²) in [6, 6.07) is 0. The van der Waals surface area contributed by atoms with Crippen LogP contribution in [0, 0.1) is 0 Å². The first-order valence-corrected chi connectivity index (χ1v) is 5.36. The van der Waals surface area contributed by atoms with E-state index in [2.05, 4.69) is 4.98 Å². The molecule has 0 aliphatic carbocycles. The van der Waals surface area contributed by atoms with Crippen LogP contribution in [0.4, 0.5) is 0 Å². The number of aliphatic hydroxyl groups excluding tert-OH is 1. The molecule has 0 spiro atoms. The fourth-order valence-electron chi connectivity index (χ4n) is 1.09. The van der Waals surface area contributed by atoms with E-state index in [9.17, 15) is 15.0 Å². The Hall–Kier alpha value is -0.690. The highest BCUT2D eigenvalue weighted by atomic mass is 35.5. The molecule has 1 heterocycles. The van der Waals surface area contributed by atoms with Crippen LogP contribution in [0.5, 0.6) is 0 Å². The molecule has 2 atom stereocenters. The van der Waals surface area contributed by atoms with Gasteiger partial charge in [0.1, 0.15) is 6.10 Å². The molecule has 0 aromatic carbocycles. The van der Waals surface area contributed by atoms with Crippen LogP contribution in [0.3, 0.4) is 0 Å². The van der Waals surface area contributed by atoms with Gasteiger partial charge in [0.05, 0.1) is 4.88 Å². The lowest BCUT2D eigenvalue weighted by Crippen LogP contribution is -2.43. The Labute approximate surface area is 95.0 Å². The first-order chi connectivity index (χ1) is 6.91. The number of carboxylic acids is 1. The van der Waals surface area contributed by atoms with Gasteiger partial charge in [0.15, 0.2) is 10.1 Å². The molecule has 0 saturated carbocycles. The van der Waals surface area contributed by atoms with Crippen LogP contribution in [0.2, 0.25) is 4.47 Å². The summed E-state index contributed by atoms with van der Waals surface area (Å²) in [6.07, 6.45) is -0.384. The zero-order valence-corrected chi connectivity index (χ0v) is 9.42. The van der Waals surface area contributed by atoms with Crippen molar-refractivity contribution in [3.63, 3.8) is 0 Å². The maximum absolute atomic E-state index is 10.8. The first kappa shape index (κ1) is 12.4. The van der Waals surface area contributed by atoms with Crippen molar-refractivity contribution in [1.29, 1.82) is 0 Å². The Bertz CT molecular complexity index is 369. The van der Waals surface area contributed by atoms with Crippen LogP contribution in [0.25, 0.3) is 0 Å². The molecule has 7 heteroatoms. The minimum atomic E-state index is -2.20. The van der Waals surface area contributed by atoms with Crippen molar-refractivity contribution in [3.05, 3.63) is 15.5 Å². The van der Waals surface area contributed by atoms with E-state index in [1.807, 2.05) is 0 Å². The molecule has 0 saturated heterocycles. The molecule has 0 radical (unpaired) electrons. The summed E-state index contributed by atoms with van der Waals surface area (Å²) in [4.78, 5) is 14.7. The number of carbonyl (C=O) groups is 1. The van der Waals surface area contributed by atoms with E-state index in [-0.39, 0.29) is 15.8 Å². The third-order valence-corrected chi connectivity index (χ3v) is 3.29. The minimum Gasteiger partial charge on any atom is -0.479 e. The van der Waals surface area contributed by atoms with Gasteiger partial charge in [-0.3, -0.25) is 0 Å². The lowest BCUT2D eigenvalue weighted by atomic mass is 9.93. The van der Waals surface area contributed by atoms with Gasteiger partial charge >= 0.3 is 5.97 Å². The highest BCUT2D eigenvalue weighted by Crippen LogP contribution is 2.33. The summed E-state index contributed by atoms with van der Waals surface area (Å²) in [5.41, 5.74) is -2.20. The molecule has 1 aromatic heterocycles. The molecule has 1 aromatic rings. The maximum atomic E-state index is 10.8. The quantitative estimate of drug-likeness (QED) is 0.744. The molecule has 0 bridgehead atoms. The van der Waals surface area contributed by atoms with Crippen molar-refractivity contribution in [2.75, 3.05) is 0 Å². The van der Waals surface area contributed by atoms with E-state index in [0.29, 0.717) is 0 Å². The van der Waals surface area contributed by atoms with Crippen LogP contribution >= 0.6 is 22.9 Å². The van der Waals surface area contributed by atoms with Crippen LogP contribution in [0.1, 0.15) is 24.3 Å². The normalized spacial score (nSPS) is 17.1. The highest BCUT2D eigenvalue weighted by molar-refractivity contribution is 7.15. The molecule has 1 unspecified atom stereocenters.